The molecule has 1 fully saturated rings. The zero-order chi connectivity index (χ0) is 21.5. The molecule has 1 unspecified atom stereocenters. The van der Waals surface area contributed by atoms with Gasteiger partial charge in [0.15, 0.2) is 0 Å². The zero-order valence-electron chi connectivity index (χ0n) is 17.4. The number of thiophene rings is 1. The van der Waals surface area contributed by atoms with Gasteiger partial charge in [-0.05, 0) is 37.7 Å². The minimum atomic E-state index is -4.46. The van der Waals surface area contributed by atoms with E-state index >= 15 is 0 Å². The summed E-state index contributed by atoms with van der Waals surface area (Å²) in [5.74, 6) is -0.00148. The maximum atomic E-state index is 13.8. The van der Waals surface area contributed by atoms with E-state index in [-0.39, 0.29) is 30.9 Å². The molecule has 0 bridgehead atoms. The minimum absolute atomic E-state index is 0. The smallest absolute Gasteiger partial charge is 0.385 e. The summed E-state index contributed by atoms with van der Waals surface area (Å²) in [4.78, 5) is 8.22. The number of rotatable bonds is 3. The molecule has 1 N–H and O–H groups in total. The highest BCUT2D eigenvalue weighted by molar-refractivity contribution is 7.16. The molecule has 1 aromatic carbocycles. The Kier molecular flexibility index (Phi) is 8.80. The maximum Gasteiger partial charge on any atom is 0.425 e. The number of amidine groups is 1. The molecule has 12 heteroatoms. The van der Waals surface area contributed by atoms with Gasteiger partial charge in [-0.1, -0.05) is 0 Å². The highest BCUT2D eigenvalue weighted by atomic mass is 35.5. The average molecular weight is 515 g/mol. The van der Waals surface area contributed by atoms with E-state index in [1.165, 1.54) is 18.2 Å². The van der Waals surface area contributed by atoms with Crippen molar-refractivity contribution in [3.05, 3.63) is 40.5 Å². The van der Waals surface area contributed by atoms with Gasteiger partial charge in [0.2, 0.25) is 0 Å². The van der Waals surface area contributed by atoms with Crippen LogP contribution < -0.4 is 5.32 Å². The van der Waals surface area contributed by atoms with Crippen LogP contribution >= 0.6 is 36.2 Å². The number of fused-ring (bicyclic) bond motifs is 2. The molecule has 0 spiro atoms. The van der Waals surface area contributed by atoms with Gasteiger partial charge in [0, 0.05) is 39.4 Å². The van der Waals surface area contributed by atoms with Crippen LogP contribution in [-0.4, -0.2) is 62.1 Å². The largest absolute Gasteiger partial charge is 0.425 e. The number of hydrogen-bond donors (Lipinski definition) is 1. The summed E-state index contributed by atoms with van der Waals surface area (Å²) in [6, 6.07) is 5.42. The van der Waals surface area contributed by atoms with Crippen LogP contribution in [0, 0.1) is 5.82 Å². The first kappa shape index (κ1) is 26.7. The Hall–Kier alpha value is -1.59. The molecule has 4 rings (SSSR count). The molecule has 1 atom stereocenters. The summed E-state index contributed by atoms with van der Waals surface area (Å²) in [5, 5.41) is 3.28. The predicted octanol–water partition coefficient (Wildman–Crippen LogP) is 5.54. The number of alkyl halides is 3. The molecule has 1 aromatic heterocycles. The van der Waals surface area contributed by atoms with Crippen molar-refractivity contribution < 1.29 is 22.3 Å². The number of methoxy groups -OCH3 is 1. The monoisotopic (exact) mass is 514 g/mol. The molecule has 5 nitrogen and oxygen atoms in total. The second-order valence-corrected chi connectivity index (χ2v) is 8.49. The van der Waals surface area contributed by atoms with Gasteiger partial charge in [-0.3, -0.25) is 4.90 Å². The zero-order valence-corrected chi connectivity index (χ0v) is 19.9. The van der Waals surface area contributed by atoms with Crippen molar-refractivity contribution in [2.45, 2.75) is 18.6 Å². The van der Waals surface area contributed by atoms with Crippen LogP contribution in [-0.2, 0) is 10.9 Å². The Morgan fingerprint density at radius 1 is 1.22 bits per heavy atom. The highest BCUT2D eigenvalue weighted by Gasteiger charge is 2.37. The standard InChI is InChI=1S/C20H22F4N4OS.2ClH/c1-27-6-7-28(11-13(27)5-8-29-2)18-14-10-17(20(22,23)24)30-19(14)26-16-9-12(21)3-4-15(16)25-18;;/h3-4,9-10,13,26H,5-8,11H2,1-2H3;2*1H. The van der Waals surface area contributed by atoms with Gasteiger partial charge in [-0.25, -0.2) is 9.38 Å². The first-order valence-corrected chi connectivity index (χ1v) is 10.4. The van der Waals surface area contributed by atoms with Gasteiger partial charge >= 0.3 is 6.18 Å². The third-order valence-corrected chi connectivity index (χ3v) is 6.51. The first-order chi connectivity index (χ1) is 14.3. The van der Waals surface area contributed by atoms with E-state index in [4.69, 9.17) is 4.74 Å². The van der Waals surface area contributed by atoms with Crippen molar-refractivity contribution in [2.75, 3.05) is 45.7 Å². The van der Waals surface area contributed by atoms with Crippen molar-refractivity contribution in [1.29, 1.82) is 0 Å². The number of halogens is 6. The molecule has 1 saturated heterocycles. The number of likely N-dealkylation sites (N-methyl/N-ethyl adjacent to an activating group) is 1. The van der Waals surface area contributed by atoms with Gasteiger partial charge in [-0.15, -0.1) is 36.2 Å². The Balaban J connectivity index is 0.00000181. The van der Waals surface area contributed by atoms with Crippen molar-refractivity contribution in [1.82, 2.24) is 9.80 Å². The molecule has 2 aromatic rings. The number of anilines is 2. The summed E-state index contributed by atoms with van der Waals surface area (Å²) in [6.07, 6.45) is -3.65. The fourth-order valence-corrected chi connectivity index (χ4v) is 4.67. The van der Waals surface area contributed by atoms with Gasteiger partial charge in [-0.2, -0.15) is 13.2 Å². The molecule has 0 aliphatic carbocycles. The van der Waals surface area contributed by atoms with E-state index in [0.29, 0.717) is 58.8 Å². The Morgan fingerprint density at radius 2 is 1.97 bits per heavy atom. The van der Waals surface area contributed by atoms with Crippen LogP contribution in [0.2, 0.25) is 0 Å². The van der Waals surface area contributed by atoms with E-state index in [1.54, 1.807) is 7.11 Å². The molecule has 2 aliphatic rings. The Morgan fingerprint density at radius 3 is 2.66 bits per heavy atom. The van der Waals surface area contributed by atoms with Crippen LogP contribution in [0.3, 0.4) is 0 Å². The third kappa shape index (κ3) is 5.48. The second-order valence-electron chi connectivity index (χ2n) is 7.44. The SMILES string of the molecule is COCCC1CN(C2=Nc3ccc(F)cc3Nc3sc(C(F)(F)F)cc32)CCN1C.Cl.Cl. The van der Waals surface area contributed by atoms with Crippen LogP contribution in [0.5, 0.6) is 0 Å². The fraction of sp³-hybridized carbons (Fsp3) is 0.450. The first-order valence-electron chi connectivity index (χ1n) is 9.57. The van der Waals surface area contributed by atoms with Gasteiger partial charge in [0.25, 0.3) is 0 Å². The van der Waals surface area contributed by atoms with E-state index in [9.17, 15) is 17.6 Å². The van der Waals surface area contributed by atoms with E-state index in [1.807, 2.05) is 11.9 Å². The molecule has 0 saturated carbocycles. The summed E-state index contributed by atoms with van der Waals surface area (Å²) in [7, 11) is 3.68. The van der Waals surface area contributed by atoms with E-state index in [0.717, 1.165) is 19.0 Å². The van der Waals surface area contributed by atoms with Gasteiger partial charge < -0.3 is 15.0 Å². The third-order valence-electron chi connectivity index (χ3n) is 5.42. The lowest BCUT2D eigenvalue weighted by molar-refractivity contribution is -0.134. The number of piperazine rings is 1. The minimum Gasteiger partial charge on any atom is -0.385 e. The number of aliphatic imine (C=N–C) groups is 1. The number of benzene rings is 1. The summed E-state index contributed by atoms with van der Waals surface area (Å²) >= 11 is 0.612. The van der Waals surface area contributed by atoms with Crippen molar-refractivity contribution in [3.8, 4) is 0 Å². The van der Waals surface area contributed by atoms with Gasteiger partial charge in [0.1, 0.15) is 21.5 Å². The molecule has 3 heterocycles. The lowest BCUT2D eigenvalue weighted by Crippen LogP contribution is -2.53. The molecule has 178 valence electrons. The van der Waals surface area contributed by atoms with Crippen LogP contribution in [0.1, 0.15) is 16.9 Å². The van der Waals surface area contributed by atoms with E-state index < -0.39 is 16.9 Å². The second kappa shape index (κ2) is 10.6. The summed E-state index contributed by atoms with van der Waals surface area (Å²) in [5.41, 5.74) is 1.24. The number of nitrogens with zero attached hydrogens (tertiary/aromatic N) is 3. The quantitative estimate of drug-likeness (QED) is 0.546. The van der Waals surface area contributed by atoms with Crippen molar-refractivity contribution in [3.63, 3.8) is 0 Å². The molecular weight excluding hydrogens is 491 g/mol. The predicted molar refractivity (Wildman–Crippen MR) is 124 cm³/mol. The molecular formula is C20H24Cl2F4N4OS. The number of hydrogen-bond acceptors (Lipinski definition) is 6. The average Bonchev–Trinajstić information content (AvgIpc) is 3.05. The normalized spacial score (nSPS) is 18.4. The van der Waals surface area contributed by atoms with E-state index in [2.05, 4.69) is 15.2 Å². The Bertz CT molecular complexity index is 970. The Labute approximate surface area is 200 Å². The summed E-state index contributed by atoms with van der Waals surface area (Å²) < 4.78 is 59.2. The number of nitrogens with one attached hydrogen (secondary N) is 1. The molecule has 32 heavy (non-hydrogen) atoms. The fourth-order valence-electron chi connectivity index (χ4n) is 3.74. The highest BCUT2D eigenvalue weighted by Crippen LogP contribution is 2.44. The maximum absolute atomic E-state index is 13.8. The van der Waals surface area contributed by atoms with Crippen molar-refractivity contribution in [2.24, 2.45) is 4.99 Å². The lowest BCUT2D eigenvalue weighted by Gasteiger charge is -2.40. The molecule has 0 amide bonds. The van der Waals surface area contributed by atoms with Crippen LogP contribution in [0.25, 0.3) is 0 Å². The lowest BCUT2D eigenvalue weighted by atomic mass is 10.1. The topological polar surface area (TPSA) is 40.1 Å². The van der Waals surface area contributed by atoms with Crippen molar-refractivity contribution >= 4 is 58.4 Å². The van der Waals surface area contributed by atoms with Gasteiger partial charge in [0.05, 0.1) is 16.9 Å². The molecule has 2 aliphatic heterocycles. The van der Waals surface area contributed by atoms with Crippen LogP contribution in [0.15, 0.2) is 29.3 Å². The number of ether oxygens (including phenoxy) is 1. The summed E-state index contributed by atoms with van der Waals surface area (Å²) in [6.45, 7) is 2.60. The van der Waals surface area contributed by atoms with Crippen LogP contribution in [0.4, 0.5) is 33.9 Å². The molecule has 0 radical (unpaired) electrons.